The molecule has 0 spiro atoms. The van der Waals surface area contributed by atoms with Crippen molar-refractivity contribution >= 4 is 54.0 Å². The van der Waals surface area contributed by atoms with Crippen molar-refractivity contribution in [2.45, 2.75) is 9.79 Å². The van der Waals surface area contributed by atoms with Crippen LogP contribution in [0.1, 0.15) is 0 Å². The maximum atomic E-state index is 11.8. The van der Waals surface area contributed by atoms with E-state index in [4.69, 9.17) is 11.6 Å². The number of azo groups is 1. The molecule has 0 aliphatic rings. The van der Waals surface area contributed by atoms with Gasteiger partial charge >= 0.3 is 0 Å². The van der Waals surface area contributed by atoms with Gasteiger partial charge in [-0.15, -0.1) is 5.11 Å². The average molecular weight is 443 g/mol. The number of hydrogen-bond acceptors (Lipinski definition) is 7. The van der Waals surface area contributed by atoms with Crippen molar-refractivity contribution in [3.63, 3.8) is 0 Å². The average Bonchev–Trinajstić information content (AvgIpc) is 2.59. The van der Waals surface area contributed by atoms with E-state index in [-0.39, 0.29) is 5.39 Å². The third-order valence-electron chi connectivity index (χ3n) is 3.69. The van der Waals surface area contributed by atoms with Crippen molar-refractivity contribution in [1.82, 2.24) is 0 Å². The second kappa shape index (κ2) is 7.11. The van der Waals surface area contributed by atoms with E-state index in [1.165, 1.54) is 30.3 Å². The van der Waals surface area contributed by atoms with Gasteiger partial charge in [-0.25, -0.2) is 0 Å². The fraction of sp³-hybridized carbons (Fsp3) is 0. The van der Waals surface area contributed by atoms with Crippen LogP contribution in [0, 0.1) is 0 Å². The van der Waals surface area contributed by atoms with Crippen LogP contribution in [0.2, 0.25) is 5.02 Å². The van der Waals surface area contributed by atoms with E-state index in [0.717, 1.165) is 12.1 Å². The molecule has 12 heteroatoms. The summed E-state index contributed by atoms with van der Waals surface area (Å²) in [5.74, 6) is -0.770. The van der Waals surface area contributed by atoms with Crippen molar-refractivity contribution in [2.75, 3.05) is 0 Å². The molecule has 9 nitrogen and oxygen atoms in total. The summed E-state index contributed by atoms with van der Waals surface area (Å²) in [6.07, 6.45) is 0. The van der Waals surface area contributed by atoms with Gasteiger partial charge in [-0.05, 0) is 30.3 Å². The SMILES string of the molecule is O=S(=O)(O)c1cc(O)c(N=Nc2ccc(Cl)cc2)c2c(S(=O)(=O)O)cccc12. The Morgan fingerprint density at radius 1 is 0.821 bits per heavy atom. The first-order chi connectivity index (χ1) is 13.0. The lowest BCUT2D eigenvalue weighted by molar-refractivity contribution is 0.468. The molecule has 0 aromatic heterocycles. The Hall–Kier alpha value is -2.57. The second-order valence-electron chi connectivity index (χ2n) is 5.55. The number of halogens is 1. The van der Waals surface area contributed by atoms with E-state index < -0.39 is 46.9 Å². The highest BCUT2D eigenvalue weighted by Crippen LogP contribution is 2.42. The maximum absolute atomic E-state index is 11.8. The molecule has 0 bridgehead atoms. The predicted octanol–water partition coefficient (Wildman–Crippen LogP) is 4.11. The van der Waals surface area contributed by atoms with E-state index >= 15 is 0 Å². The monoisotopic (exact) mass is 442 g/mol. The number of phenols is 1. The number of fused-ring (bicyclic) bond motifs is 1. The summed E-state index contributed by atoms with van der Waals surface area (Å²) in [5, 5.41) is 17.7. The van der Waals surface area contributed by atoms with Crippen LogP contribution >= 0.6 is 11.6 Å². The summed E-state index contributed by atoms with van der Waals surface area (Å²) in [6, 6.07) is 10.1. The van der Waals surface area contributed by atoms with Crippen LogP contribution < -0.4 is 0 Å². The first-order valence-electron chi connectivity index (χ1n) is 7.39. The van der Waals surface area contributed by atoms with Crippen LogP contribution in [0.3, 0.4) is 0 Å². The van der Waals surface area contributed by atoms with E-state index in [1.807, 2.05) is 0 Å². The Bertz CT molecular complexity index is 1320. The number of rotatable bonds is 4. The first-order valence-corrected chi connectivity index (χ1v) is 10.7. The normalized spacial score (nSPS) is 12.7. The molecule has 3 aromatic rings. The number of benzene rings is 3. The zero-order valence-corrected chi connectivity index (χ0v) is 16.1. The number of hydrogen-bond donors (Lipinski definition) is 3. The van der Waals surface area contributed by atoms with Gasteiger partial charge in [0.2, 0.25) is 0 Å². The second-order valence-corrected chi connectivity index (χ2v) is 8.76. The van der Waals surface area contributed by atoms with E-state index in [1.54, 1.807) is 0 Å². The van der Waals surface area contributed by atoms with Crippen molar-refractivity contribution < 1.29 is 31.0 Å². The topological polar surface area (TPSA) is 154 Å². The molecule has 0 amide bonds. The highest BCUT2D eigenvalue weighted by molar-refractivity contribution is 7.86. The summed E-state index contributed by atoms with van der Waals surface area (Å²) < 4.78 is 65.7. The van der Waals surface area contributed by atoms with Gasteiger partial charge in [0.15, 0.2) is 0 Å². The fourth-order valence-electron chi connectivity index (χ4n) is 2.52. The van der Waals surface area contributed by atoms with Gasteiger partial charge in [-0.3, -0.25) is 9.11 Å². The summed E-state index contributed by atoms with van der Waals surface area (Å²) in [4.78, 5) is -1.47. The van der Waals surface area contributed by atoms with E-state index in [9.17, 15) is 31.0 Å². The number of nitrogens with zero attached hydrogens (tertiary/aromatic N) is 2. The Kier molecular flexibility index (Phi) is 5.12. The van der Waals surface area contributed by atoms with Crippen molar-refractivity contribution in [3.8, 4) is 5.75 Å². The highest BCUT2D eigenvalue weighted by Gasteiger charge is 2.25. The molecule has 0 saturated heterocycles. The molecule has 3 aromatic carbocycles. The van der Waals surface area contributed by atoms with E-state index in [2.05, 4.69) is 10.2 Å². The number of phenolic OH excluding ortho intramolecular Hbond substituents is 1. The molecule has 0 unspecified atom stereocenters. The minimum Gasteiger partial charge on any atom is -0.506 e. The van der Waals surface area contributed by atoms with Crippen LogP contribution in [0.25, 0.3) is 10.8 Å². The van der Waals surface area contributed by atoms with Crippen LogP contribution in [0.5, 0.6) is 5.75 Å². The van der Waals surface area contributed by atoms with Crippen molar-refractivity contribution in [3.05, 3.63) is 53.6 Å². The predicted molar refractivity (Wildman–Crippen MR) is 101 cm³/mol. The standard InChI is InChI=1S/C16H11ClN2O7S2/c17-9-4-6-10(7-5-9)18-19-16-12(20)8-14(28(24,25)26)11-2-1-3-13(15(11)16)27(21,22)23/h1-8,20H,(H,21,22,23)(H,24,25,26). The van der Waals surface area contributed by atoms with Gasteiger partial charge in [0.25, 0.3) is 20.2 Å². The quantitative estimate of drug-likeness (QED) is 0.405. The Labute approximate surface area is 164 Å². The Balaban J connectivity index is 2.39. The largest absolute Gasteiger partial charge is 0.506 e. The van der Waals surface area contributed by atoms with Gasteiger partial charge in [0.1, 0.15) is 21.2 Å². The minimum absolute atomic E-state index is 0.277. The summed E-state index contributed by atoms with van der Waals surface area (Å²) in [5.41, 5.74) is -0.106. The number of aromatic hydroxyl groups is 1. The van der Waals surface area contributed by atoms with Gasteiger partial charge in [-0.1, -0.05) is 23.7 Å². The van der Waals surface area contributed by atoms with Crippen LogP contribution in [0.4, 0.5) is 11.4 Å². The molecule has 0 radical (unpaired) electrons. The van der Waals surface area contributed by atoms with Crippen LogP contribution in [-0.2, 0) is 20.2 Å². The summed E-state index contributed by atoms with van der Waals surface area (Å²) in [7, 11) is -9.65. The molecular formula is C16H11ClN2O7S2. The van der Waals surface area contributed by atoms with Crippen LogP contribution in [0.15, 0.2) is 68.6 Å². The Morgan fingerprint density at radius 2 is 1.43 bits per heavy atom. The molecule has 0 atom stereocenters. The molecule has 0 saturated carbocycles. The third-order valence-corrected chi connectivity index (χ3v) is 5.73. The van der Waals surface area contributed by atoms with Crippen molar-refractivity contribution in [1.29, 1.82) is 0 Å². The molecule has 146 valence electrons. The molecule has 0 aliphatic carbocycles. The minimum atomic E-state index is -4.83. The lowest BCUT2D eigenvalue weighted by Gasteiger charge is -2.11. The van der Waals surface area contributed by atoms with Gasteiger partial charge < -0.3 is 5.11 Å². The summed E-state index contributed by atoms with van der Waals surface area (Å²) in [6.45, 7) is 0. The molecule has 0 heterocycles. The molecule has 3 rings (SSSR count). The molecule has 3 N–H and O–H groups in total. The van der Waals surface area contributed by atoms with Crippen LogP contribution in [-0.4, -0.2) is 31.0 Å². The van der Waals surface area contributed by atoms with E-state index in [0.29, 0.717) is 16.8 Å². The molecule has 0 fully saturated rings. The Morgan fingerprint density at radius 3 is 2.00 bits per heavy atom. The smallest absolute Gasteiger partial charge is 0.295 e. The first kappa shape index (κ1) is 20.2. The molecule has 0 aliphatic heterocycles. The maximum Gasteiger partial charge on any atom is 0.295 e. The summed E-state index contributed by atoms with van der Waals surface area (Å²) >= 11 is 5.78. The van der Waals surface area contributed by atoms with Gasteiger partial charge in [0.05, 0.1) is 5.69 Å². The molecular weight excluding hydrogens is 432 g/mol. The zero-order chi connectivity index (χ0) is 20.7. The lowest BCUT2D eigenvalue weighted by atomic mass is 10.1. The molecule has 28 heavy (non-hydrogen) atoms. The van der Waals surface area contributed by atoms with Crippen molar-refractivity contribution in [2.24, 2.45) is 10.2 Å². The van der Waals surface area contributed by atoms with Gasteiger partial charge in [0, 0.05) is 21.9 Å². The lowest BCUT2D eigenvalue weighted by Crippen LogP contribution is -2.03. The highest BCUT2D eigenvalue weighted by atomic mass is 35.5. The van der Waals surface area contributed by atoms with Gasteiger partial charge in [-0.2, -0.15) is 21.9 Å². The zero-order valence-electron chi connectivity index (χ0n) is 13.7. The third kappa shape index (κ3) is 3.98. The fourth-order valence-corrected chi connectivity index (χ4v) is 4.07.